The molecule has 1 fully saturated rings. The largest absolute Gasteiger partial charge is 0.303 e. The second-order valence-electron chi connectivity index (χ2n) is 7.04. The van der Waals surface area contributed by atoms with Gasteiger partial charge in [-0.1, -0.05) is 38.8 Å². The Labute approximate surface area is 106 Å². The molecule has 3 atom stereocenters. The van der Waals surface area contributed by atoms with Crippen molar-refractivity contribution in [2.24, 2.45) is 22.7 Å². The van der Waals surface area contributed by atoms with Crippen LogP contribution in [0.15, 0.2) is 11.6 Å². The smallest absolute Gasteiger partial charge is 0.120 e. The molecule has 2 aliphatic carbocycles. The van der Waals surface area contributed by atoms with Gasteiger partial charge in [-0.2, -0.15) is 0 Å². The molecule has 0 aromatic heterocycles. The molecule has 0 heterocycles. The fourth-order valence-corrected chi connectivity index (χ4v) is 4.69. The summed E-state index contributed by atoms with van der Waals surface area (Å²) in [6.07, 6.45) is 9.41. The highest BCUT2D eigenvalue weighted by atomic mass is 16.1. The van der Waals surface area contributed by atoms with E-state index in [0.29, 0.717) is 23.2 Å². The molecule has 0 aliphatic heterocycles. The highest BCUT2D eigenvalue weighted by molar-refractivity contribution is 5.51. The second-order valence-corrected chi connectivity index (χ2v) is 7.04. The average molecular weight is 234 g/mol. The Balaban J connectivity index is 2.38. The minimum Gasteiger partial charge on any atom is -0.303 e. The molecule has 2 rings (SSSR count). The molecule has 0 spiro atoms. The maximum Gasteiger partial charge on any atom is 0.120 e. The lowest BCUT2D eigenvalue weighted by Crippen LogP contribution is -2.48. The van der Waals surface area contributed by atoms with Crippen LogP contribution in [-0.2, 0) is 4.79 Å². The van der Waals surface area contributed by atoms with Gasteiger partial charge in [0, 0.05) is 6.42 Å². The zero-order valence-corrected chi connectivity index (χ0v) is 11.8. The standard InChI is InChI=1S/C16H26O/c1-12-6-7-14-15(2,3)9-5-10-16(14,4)13(12)8-11-17/h6,11,13-14H,5,7-10H2,1-4H3/t13-,14?,16+/m0/s1. The molecule has 96 valence electrons. The molecule has 1 saturated carbocycles. The lowest BCUT2D eigenvalue weighted by molar-refractivity contribution is -0.111. The van der Waals surface area contributed by atoms with Gasteiger partial charge in [-0.05, 0) is 48.9 Å². The zero-order chi connectivity index (χ0) is 12.7. The first-order valence-electron chi connectivity index (χ1n) is 7.02. The average Bonchev–Trinajstić information content (AvgIpc) is 2.22. The lowest BCUT2D eigenvalue weighted by Gasteiger charge is -2.56. The Morgan fingerprint density at radius 3 is 2.71 bits per heavy atom. The molecule has 0 aromatic rings. The molecule has 0 amide bonds. The van der Waals surface area contributed by atoms with E-state index in [1.807, 2.05) is 0 Å². The summed E-state index contributed by atoms with van der Waals surface area (Å²) in [5.74, 6) is 1.23. The second kappa shape index (κ2) is 4.26. The quantitative estimate of drug-likeness (QED) is 0.512. The summed E-state index contributed by atoms with van der Waals surface area (Å²) in [5.41, 5.74) is 2.24. The van der Waals surface area contributed by atoms with E-state index in [2.05, 4.69) is 33.8 Å². The van der Waals surface area contributed by atoms with Gasteiger partial charge in [0.1, 0.15) is 6.29 Å². The number of allylic oxidation sites excluding steroid dienone is 2. The maximum atomic E-state index is 11.0. The zero-order valence-electron chi connectivity index (χ0n) is 11.8. The van der Waals surface area contributed by atoms with Gasteiger partial charge in [-0.15, -0.1) is 0 Å². The van der Waals surface area contributed by atoms with Crippen molar-refractivity contribution in [2.75, 3.05) is 0 Å². The predicted octanol–water partition coefficient (Wildman–Crippen LogP) is 4.37. The first-order chi connectivity index (χ1) is 7.92. The van der Waals surface area contributed by atoms with Gasteiger partial charge < -0.3 is 4.79 Å². The van der Waals surface area contributed by atoms with Crippen LogP contribution in [-0.4, -0.2) is 6.29 Å². The van der Waals surface area contributed by atoms with Gasteiger partial charge >= 0.3 is 0 Å². The fraction of sp³-hybridized carbons (Fsp3) is 0.812. The molecule has 17 heavy (non-hydrogen) atoms. The Morgan fingerprint density at radius 1 is 1.35 bits per heavy atom. The van der Waals surface area contributed by atoms with Gasteiger partial charge in [0.15, 0.2) is 0 Å². The van der Waals surface area contributed by atoms with Crippen LogP contribution < -0.4 is 0 Å². The predicted molar refractivity (Wildman–Crippen MR) is 71.8 cm³/mol. The van der Waals surface area contributed by atoms with Gasteiger partial charge in [0.25, 0.3) is 0 Å². The Bertz CT molecular complexity index is 339. The highest BCUT2D eigenvalue weighted by Gasteiger charge is 2.51. The van der Waals surface area contributed by atoms with E-state index in [9.17, 15) is 4.79 Å². The molecule has 0 saturated heterocycles. The maximum absolute atomic E-state index is 11.0. The van der Waals surface area contributed by atoms with Crippen molar-refractivity contribution in [1.29, 1.82) is 0 Å². The summed E-state index contributed by atoms with van der Waals surface area (Å²) in [4.78, 5) is 11.0. The van der Waals surface area contributed by atoms with Crippen LogP contribution >= 0.6 is 0 Å². The van der Waals surface area contributed by atoms with Crippen LogP contribution in [0.5, 0.6) is 0 Å². The van der Waals surface area contributed by atoms with Crippen LogP contribution in [0.25, 0.3) is 0 Å². The minimum absolute atomic E-state index is 0.349. The third-order valence-corrected chi connectivity index (χ3v) is 5.63. The van der Waals surface area contributed by atoms with Gasteiger partial charge in [-0.25, -0.2) is 0 Å². The number of rotatable bonds is 2. The Hall–Kier alpha value is -0.590. The number of carbonyl (C=O) groups is 1. The molecule has 1 heteroatoms. The Kier molecular flexibility index (Phi) is 3.22. The number of fused-ring (bicyclic) bond motifs is 1. The van der Waals surface area contributed by atoms with Crippen molar-refractivity contribution in [3.63, 3.8) is 0 Å². The molecule has 2 aliphatic rings. The Morgan fingerprint density at radius 2 is 2.06 bits per heavy atom. The highest BCUT2D eigenvalue weighted by Crippen LogP contribution is 2.60. The minimum atomic E-state index is 0.349. The number of aldehydes is 1. The summed E-state index contributed by atoms with van der Waals surface area (Å²) in [7, 11) is 0. The summed E-state index contributed by atoms with van der Waals surface area (Å²) >= 11 is 0. The van der Waals surface area contributed by atoms with E-state index < -0.39 is 0 Å². The van der Waals surface area contributed by atoms with Crippen LogP contribution in [0.4, 0.5) is 0 Å². The van der Waals surface area contributed by atoms with Crippen molar-refractivity contribution in [2.45, 2.75) is 59.8 Å². The molecular weight excluding hydrogens is 208 g/mol. The number of carbonyl (C=O) groups excluding carboxylic acids is 1. The van der Waals surface area contributed by atoms with Crippen molar-refractivity contribution in [3.05, 3.63) is 11.6 Å². The van der Waals surface area contributed by atoms with Gasteiger partial charge in [0.2, 0.25) is 0 Å². The SMILES string of the molecule is CC1=CCC2C(C)(C)CCC[C@]2(C)[C@H]1CC=O. The third-order valence-electron chi connectivity index (χ3n) is 5.63. The monoisotopic (exact) mass is 234 g/mol. The van der Waals surface area contributed by atoms with Crippen LogP contribution in [0.2, 0.25) is 0 Å². The topological polar surface area (TPSA) is 17.1 Å². The van der Waals surface area contributed by atoms with Crippen molar-refractivity contribution < 1.29 is 4.79 Å². The molecule has 0 N–H and O–H groups in total. The molecule has 1 unspecified atom stereocenters. The first kappa shape index (κ1) is 12.9. The van der Waals surface area contributed by atoms with E-state index in [-0.39, 0.29) is 0 Å². The molecule has 0 bridgehead atoms. The van der Waals surface area contributed by atoms with Crippen molar-refractivity contribution in [1.82, 2.24) is 0 Å². The van der Waals surface area contributed by atoms with Gasteiger partial charge in [-0.3, -0.25) is 0 Å². The lowest BCUT2D eigenvalue weighted by atomic mass is 9.48. The van der Waals surface area contributed by atoms with E-state index in [1.54, 1.807) is 0 Å². The third kappa shape index (κ3) is 1.98. The van der Waals surface area contributed by atoms with E-state index in [4.69, 9.17) is 0 Å². The summed E-state index contributed by atoms with van der Waals surface area (Å²) in [6, 6.07) is 0. The normalized spacial score (nSPS) is 40.4. The molecule has 1 nitrogen and oxygen atoms in total. The van der Waals surface area contributed by atoms with E-state index >= 15 is 0 Å². The van der Waals surface area contributed by atoms with Crippen molar-refractivity contribution >= 4 is 6.29 Å². The number of hydrogen-bond acceptors (Lipinski definition) is 1. The summed E-state index contributed by atoms with van der Waals surface area (Å²) in [5, 5.41) is 0. The molecule has 0 radical (unpaired) electrons. The van der Waals surface area contributed by atoms with Crippen LogP contribution in [0, 0.1) is 22.7 Å². The van der Waals surface area contributed by atoms with Gasteiger partial charge in [0.05, 0.1) is 0 Å². The summed E-state index contributed by atoms with van der Waals surface area (Å²) in [6.45, 7) is 9.49. The molecule has 0 aromatic carbocycles. The van der Waals surface area contributed by atoms with Crippen LogP contribution in [0.1, 0.15) is 59.8 Å². The van der Waals surface area contributed by atoms with Crippen LogP contribution in [0.3, 0.4) is 0 Å². The molecular formula is C16H26O. The summed E-state index contributed by atoms with van der Waals surface area (Å²) < 4.78 is 0. The van der Waals surface area contributed by atoms with E-state index in [0.717, 1.165) is 12.2 Å². The first-order valence-corrected chi connectivity index (χ1v) is 7.02. The fourth-order valence-electron chi connectivity index (χ4n) is 4.69. The van der Waals surface area contributed by atoms with E-state index in [1.165, 1.54) is 31.3 Å². The number of hydrogen-bond donors (Lipinski definition) is 0. The van der Waals surface area contributed by atoms with Crippen molar-refractivity contribution in [3.8, 4) is 0 Å².